The van der Waals surface area contributed by atoms with Gasteiger partial charge in [-0.1, -0.05) is 41.9 Å². The minimum absolute atomic E-state index is 0.306. The van der Waals surface area contributed by atoms with E-state index in [9.17, 15) is 4.79 Å². The second-order valence-corrected chi connectivity index (χ2v) is 5.54. The number of carbonyl (C=O) groups excluding carboxylic acids is 1. The van der Waals surface area contributed by atoms with Crippen LogP contribution in [0.1, 0.15) is 29.3 Å². The van der Waals surface area contributed by atoms with E-state index in [0.29, 0.717) is 16.6 Å². The van der Waals surface area contributed by atoms with Crippen molar-refractivity contribution in [2.24, 2.45) is 5.73 Å². The molecule has 0 saturated carbocycles. The Morgan fingerprint density at radius 3 is 2.57 bits per heavy atom. The molecule has 0 fully saturated rings. The van der Waals surface area contributed by atoms with Gasteiger partial charge in [0.15, 0.2) is 0 Å². The molecule has 0 aromatic heterocycles. The Balaban J connectivity index is 1.92. The molecule has 21 heavy (non-hydrogen) atoms. The number of aryl methyl sites for hydroxylation is 1. The van der Waals surface area contributed by atoms with E-state index in [0.717, 1.165) is 18.5 Å². The van der Waals surface area contributed by atoms with Crippen molar-refractivity contribution < 1.29 is 4.79 Å². The number of hydrogen-bond acceptors (Lipinski definition) is 2. The minimum atomic E-state index is -0.510. The highest BCUT2D eigenvalue weighted by molar-refractivity contribution is 6.34. The van der Waals surface area contributed by atoms with E-state index >= 15 is 0 Å². The lowest BCUT2D eigenvalue weighted by molar-refractivity contribution is 0.100. The summed E-state index contributed by atoms with van der Waals surface area (Å²) in [6.07, 6.45) is 2.03. The Morgan fingerprint density at radius 2 is 1.95 bits per heavy atom. The molecule has 3 N–H and O–H groups in total. The van der Waals surface area contributed by atoms with Crippen LogP contribution in [-0.2, 0) is 6.42 Å². The van der Waals surface area contributed by atoms with E-state index in [2.05, 4.69) is 36.5 Å². The van der Waals surface area contributed by atoms with Gasteiger partial charge in [-0.25, -0.2) is 0 Å². The molecular weight excluding hydrogens is 284 g/mol. The molecule has 0 spiro atoms. The molecule has 1 amide bonds. The number of nitrogens with two attached hydrogens (primary N) is 1. The molecule has 0 saturated heterocycles. The van der Waals surface area contributed by atoms with Crippen LogP contribution >= 0.6 is 11.6 Å². The summed E-state index contributed by atoms with van der Waals surface area (Å²) in [7, 11) is 0. The molecule has 2 rings (SSSR count). The van der Waals surface area contributed by atoms with E-state index in [1.54, 1.807) is 12.1 Å². The Bertz CT molecular complexity index is 613. The van der Waals surface area contributed by atoms with E-state index in [1.807, 2.05) is 12.1 Å². The van der Waals surface area contributed by atoms with E-state index in [4.69, 9.17) is 17.3 Å². The van der Waals surface area contributed by atoms with Crippen molar-refractivity contribution in [3.8, 4) is 0 Å². The van der Waals surface area contributed by atoms with Crippen LogP contribution in [-0.4, -0.2) is 11.9 Å². The molecule has 0 bridgehead atoms. The second-order valence-electron chi connectivity index (χ2n) is 5.13. The average molecular weight is 303 g/mol. The number of hydrogen-bond donors (Lipinski definition) is 2. The first-order valence-electron chi connectivity index (χ1n) is 6.96. The summed E-state index contributed by atoms with van der Waals surface area (Å²) >= 11 is 6.04. The summed E-state index contributed by atoms with van der Waals surface area (Å²) < 4.78 is 0. The van der Waals surface area contributed by atoms with Gasteiger partial charge in [-0.05, 0) is 43.5 Å². The lowest BCUT2D eigenvalue weighted by atomic mass is 10.1. The van der Waals surface area contributed by atoms with Gasteiger partial charge >= 0.3 is 0 Å². The van der Waals surface area contributed by atoms with Gasteiger partial charge in [-0.3, -0.25) is 4.79 Å². The molecule has 1 unspecified atom stereocenters. The number of primary amides is 1. The first-order valence-corrected chi connectivity index (χ1v) is 7.34. The minimum Gasteiger partial charge on any atom is -0.383 e. The van der Waals surface area contributed by atoms with E-state index in [-0.39, 0.29) is 0 Å². The molecule has 0 heterocycles. The van der Waals surface area contributed by atoms with Crippen LogP contribution in [0.25, 0.3) is 0 Å². The van der Waals surface area contributed by atoms with Crippen LogP contribution in [0.3, 0.4) is 0 Å². The largest absolute Gasteiger partial charge is 0.383 e. The van der Waals surface area contributed by atoms with Gasteiger partial charge in [0.25, 0.3) is 0 Å². The number of rotatable bonds is 6. The van der Waals surface area contributed by atoms with Crippen LogP contribution in [0.4, 0.5) is 5.69 Å². The average Bonchev–Trinajstić information content (AvgIpc) is 2.46. The number of amides is 1. The van der Waals surface area contributed by atoms with Gasteiger partial charge in [0, 0.05) is 11.7 Å². The van der Waals surface area contributed by atoms with Gasteiger partial charge < -0.3 is 11.1 Å². The van der Waals surface area contributed by atoms with Gasteiger partial charge in [0.1, 0.15) is 0 Å². The summed E-state index contributed by atoms with van der Waals surface area (Å²) in [5.74, 6) is -0.510. The van der Waals surface area contributed by atoms with E-state index in [1.165, 1.54) is 5.56 Å². The third-order valence-electron chi connectivity index (χ3n) is 3.36. The van der Waals surface area contributed by atoms with Crippen molar-refractivity contribution in [3.05, 3.63) is 64.7 Å². The van der Waals surface area contributed by atoms with Crippen molar-refractivity contribution >= 4 is 23.2 Å². The molecule has 1 atom stereocenters. The maximum absolute atomic E-state index is 11.1. The lowest BCUT2D eigenvalue weighted by Gasteiger charge is -2.16. The second kappa shape index (κ2) is 7.14. The Kier molecular flexibility index (Phi) is 5.23. The highest BCUT2D eigenvalue weighted by Gasteiger charge is 2.08. The van der Waals surface area contributed by atoms with Crippen LogP contribution < -0.4 is 11.1 Å². The first kappa shape index (κ1) is 15.4. The van der Waals surface area contributed by atoms with Crippen LogP contribution in [0.15, 0.2) is 48.5 Å². The summed E-state index contributed by atoms with van der Waals surface area (Å²) in [6, 6.07) is 15.9. The number of carbonyl (C=O) groups is 1. The SMILES string of the molecule is CC(CCc1ccccc1)Nc1ccc(C(N)=O)c(Cl)c1. The standard InChI is InChI=1S/C17H19ClN2O/c1-12(7-8-13-5-3-2-4-6-13)20-14-9-10-15(17(19)21)16(18)11-14/h2-6,9-12,20H,7-8H2,1H3,(H2,19,21). The normalized spacial score (nSPS) is 11.9. The van der Waals surface area contributed by atoms with Crippen LogP contribution in [0, 0.1) is 0 Å². The van der Waals surface area contributed by atoms with Gasteiger partial charge in [0.2, 0.25) is 5.91 Å². The third kappa shape index (κ3) is 4.50. The molecule has 2 aromatic rings. The molecule has 0 aliphatic carbocycles. The molecule has 2 aromatic carbocycles. The molecule has 4 heteroatoms. The van der Waals surface area contributed by atoms with Crippen molar-refractivity contribution in [2.75, 3.05) is 5.32 Å². The monoisotopic (exact) mass is 302 g/mol. The zero-order valence-electron chi connectivity index (χ0n) is 12.0. The number of benzene rings is 2. The first-order chi connectivity index (χ1) is 10.1. The highest BCUT2D eigenvalue weighted by Crippen LogP contribution is 2.21. The smallest absolute Gasteiger partial charge is 0.250 e. The summed E-state index contributed by atoms with van der Waals surface area (Å²) in [5.41, 5.74) is 7.80. The Hall–Kier alpha value is -2.00. The predicted molar refractivity (Wildman–Crippen MR) is 87.8 cm³/mol. The third-order valence-corrected chi connectivity index (χ3v) is 3.67. The lowest BCUT2D eigenvalue weighted by Crippen LogP contribution is -2.16. The van der Waals surface area contributed by atoms with Crippen molar-refractivity contribution in [2.45, 2.75) is 25.8 Å². The molecule has 0 aliphatic rings. The maximum atomic E-state index is 11.1. The molecule has 110 valence electrons. The summed E-state index contributed by atoms with van der Waals surface area (Å²) in [4.78, 5) is 11.1. The molecule has 0 radical (unpaired) electrons. The van der Waals surface area contributed by atoms with Crippen molar-refractivity contribution in [1.82, 2.24) is 0 Å². The maximum Gasteiger partial charge on any atom is 0.250 e. The zero-order chi connectivity index (χ0) is 15.2. The quantitative estimate of drug-likeness (QED) is 0.851. The van der Waals surface area contributed by atoms with Crippen molar-refractivity contribution in [1.29, 1.82) is 0 Å². The summed E-state index contributed by atoms with van der Waals surface area (Å²) in [6.45, 7) is 2.12. The van der Waals surface area contributed by atoms with Gasteiger partial charge in [-0.2, -0.15) is 0 Å². The van der Waals surface area contributed by atoms with Crippen LogP contribution in [0.5, 0.6) is 0 Å². The van der Waals surface area contributed by atoms with E-state index < -0.39 is 5.91 Å². The summed E-state index contributed by atoms with van der Waals surface area (Å²) in [5, 5.41) is 3.76. The molecule has 3 nitrogen and oxygen atoms in total. The molecular formula is C17H19ClN2O. The fraction of sp³-hybridized carbons (Fsp3) is 0.235. The predicted octanol–water partition coefficient (Wildman–Crippen LogP) is 3.87. The Morgan fingerprint density at radius 1 is 1.24 bits per heavy atom. The number of nitrogens with one attached hydrogen (secondary N) is 1. The zero-order valence-corrected chi connectivity index (χ0v) is 12.7. The van der Waals surface area contributed by atoms with Crippen LogP contribution in [0.2, 0.25) is 5.02 Å². The van der Waals surface area contributed by atoms with Gasteiger partial charge in [0.05, 0.1) is 10.6 Å². The Labute approximate surface area is 130 Å². The van der Waals surface area contributed by atoms with Crippen molar-refractivity contribution in [3.63, 3.8) is 0 Å². The highest BCUT2D eigenvalue weighted by atomic mass is 35.5. The molecule has 0 aliphatic heterocycles. The van der Waals surface area contributed by atoms with Gasteiger partial charge in [-0.15, -0.1) is 0 Å². The number of anilines is 1. The fourth-order valence-electron chi connectivity index (χ4n) is 2.19. The number of halogens is 1. The fourth-order valence-corrected chi connectivity index (χ4v) is 2.46. The topological polar surface area (TPSA) is 55.1 Å².